The van der Waals surface area contributed by atoms with Crippen LogP contribution in [0.2, 0.25) is 0 Å². The Bertz CT molecular complexity index is 466. The zero-order valence-electron chi connectivity index (χ0n) is 8.45. The summed E-state index contributed by atoms with van der Waals surface area (Å²) in [5.41, 5.74) is 0. The van der Waals surface area contributed by atoms with Crippen molar-refractivity contribution < 1.29 is 13.5 Å². The molecule has 0 aliphatic carbocycles. The number of sulfonamides is 1. The maximum Gasteiger partial charge on any atom is 0.287 e. The maximum absolute atomic E-state index is 11.6. The smallest absolute Gasteiger partial charge is 0.287 e. The molecule has 0 aliphatic heterocycles. The molecule has 0 heterocycles. The molecule has 0 spiro atoms. The lowest BCUT2D eigenvalue weighted by Gasteiger charge is -2.04. The van der Waals surface area contributed by atoms with E-state index >= 15 is 0 Å². The molecular weight excluding hydrogens is 216 g/mol. The van der Waals surface area contributed by atoms with Crippen LogP contribution in [0.25, 0.3) is 0 Å². The van der Waals surface area contributed by atoms with E-state index in [1.165, 1.54) is 29.4 Å². The van der Waals surface area contributed by atoms with Gasteiger partial charge in [-0.25, -0.2) is 0 Å². The number of phenols is 1. The molecular formula is C9H12N2O3S. The summed E-state index contributed by atoms with van der Waals surface area (Å²) in [5, 5.41) is 9.34. The number of hydrogen-bond donors (Lipinski definition) is 1. The number of para-hydroxylation sites is 1. The average molecular weight is 228 g/mol. The third-order valence-corrected chi connectivity index (χ3v) is 2.83. The summed E-state index contributed by atoms with van der Waals surface area (Å²) < 4.78 is 26.5. The van der Waals surface area contributed by atoms with Crippen LogP contribution >= 0.6 is 0 Å². The van der Waals surface area contributed by atoms with E-state index in [0.29, 0.717) is 0 Å². The highest BCUT2D eigenvalue weighted by atomic mass is 32.2. The van der Waals surface area contributed by atoms with Gasteiger partial charge in [0.1, 0.15) is 17.0 Å². The fourth-order valence-corrected chi connectivity index (χ4v) is 1.90. The fourth-order valence-electron chi connectivity index (χ4n) is 0.888. The molecule has 1 N–H and O–H groups in total. The number of nitrogens with zero attached hydrogens (tertiary/aromatic N) is 2. The molecule has 0 bridgehead atoms. The summed E-state index contributed by atoms with van der Waals surface area (Å²) in [6, 6.07) is 5.68. The standard InChI is InChI=1S/C9H12N2O3S/c1-11(2)7-10-15(13,14)9-6-4-3-5-8(9)12/h3-7,12H,1-2H3. The highest BCUT2D eigenvalue weighted by Crippen LogP contribution is 2.22. The first-order valence-corrected chi connectivity index (χ1v) is 5.62. The van der Waals surface area contributed by atoms with E-state index < -0.39 is 10.0 Å². The maximum atomic E-state index is 11.6. The van der Waals surface area contributed by atoms with Crippen LogP contribution in [0.5, 0.6) is 5.75 Å². The summed E-state index contributed by atoms with van der Waals surface area (Å²) >= 11 is 0. The Morgan fingerprint density at radius 2 is 1.93 bits per heavy atom. The van der Waals surface area contributed by atoms with Crippen molar-refractivity contribution in [2.75, 3.05) is 14.1 Å². The van der Waals surface area contributed by atoms with Gasteiger partial charge < -0.3 is 10.0 Å². The van der Waals surface area contributed by atoms with Gasteiger partial charge >= 0.3 is 0 Å². The van der Waals surface area contributed by atoms with E-state index in [1.807, 2.05) is 0 Å². The Balaban J connectivity index is 3.13. The van der Waals surface area contributed by atoms with E-state index in [0.717, 1.165) is 0 Å². The number of aromatic hydroxyl groups is 1. The molecule has 1 rings (SSSR count). The summed E-state index contributed by atoms with van der Waals surface area (Å²) in [4.78, 5) is 1.31. The summed E-state index contributed by atoms with van der Waals surface area (Å²) in [7, 11) is -0.495. The molecule has 0 saturated heterocycles. The van der Waals surface area contributed by atoms with Gasteiger partial charge in [-0.05, 0) is 12.1 Å². The fraction of sp³-hybridized carbons (Fsp3) is 0.222. The lowest BCUT2D eigenvalue weighted by molar-refractivity contribution is 0.459. The van der Waals surface area contributed by atoms with Gasteiger partial charge in [0.05, 0.1) is 0 Å². The van der Waals surface area contributed by atoms with Gasteiger partial charge in [-0.15, -0.1) is 4.40 Å². The minimum atomic E-state index is -3.81. The van der Waals surface area contributed by atoms with E-state index in [4.69, 9.17) is 0 Å². The first-order valence-electron chi connectivity index (χ1n) is 4.18. The zero-order chi connectivity index (χ0) is 11.5. The van der Waals surface area contributed by atoms with Crippen LogP contribution in [0.15, 0.2) is 33.6 Å². The second-order valence-electron chi connectivity index (χ2n) is 3.13. The Hall–Kier alpha value is -1.56. The molecule has 0 atom stereocenters. The van der Waals surface area contributed by atoms with Gasteiger partial charge in [-0.3, -0.25) is 0 Å². The van der Waals surface area contributed by atoms with Crippen molar-refractivity contribution in [3.63, 3.8) is 0 Å². The third-order valence-electron chi connectivity index (χ3n) is 1.56. The van der Waals surface area contributed by atoms with Crippen LogP contribution in [0.3, 0.4) is 0 Å². The largest absolute Gasteiger partial charge is 0.507 e. The van der Waals surface area contributed by atoms with Crippen molar-refractivity contribution in [3.8, 4) is 5.75 Å². The van der Waals surface area contributed by atoms with Crippen LogP contribution in [0.4, 0.5) is 0 Å². The Kier molecular flexibility index (Phi) is 3.31. The van der Waals surface area contributed by atoms with Crippen molar-refractivity contribution in [1.29, 1.82) is 0 Å². The highest BCUT2D eigenvalue weighted by Gasteiger charge is 2.15. The molecule has 1 aromatic rings. The molecule has 0 radical (unpaired) electrons. The van der Waals surface area contributed by atoms with E-state index in [2.05, 4.69) is 4.40 Å². The minimum absolute atomic E-state index is 0.192. The van der Waals surface area contributed by atoms with Crippen molar-refractivity contribution in [3.05, 3.63) is 24.3 Å². The number of phenolic OH excluding ortho intramolecular Hbond substituents is 1. The second-order valence-corrected chi connectivity index (χ2v) is 4.73. The SMILES string of the molecule is CN(C)C=NS(=O)(=O)c1ccccc1O. The molecule has 5 nitrogen and oxygen atoms in total. The average Bonchev–Trinajstić information content (AvgIpc) is 2.15. The molecule has 0 saturated carbocycles. The van der Waals surface area contributed by atoms with Crippen LogP contribution in [-0.4, -0.2) is 38.9 Å². The van der Waals surface area contributed by atoms with E-state index in [1.54, 1.807) is 20.2 Å². The summed E-state index contributed by atoms with van der Waals surface area (Å²) in [6.07, 6.45) is 1.17. The van der Waals surface area contributed by atoms with Crippen molar-refractivity contribution in [2.45, 2.75) is 4.90 Å². The Morgan fingerprint density at radius 3 is 2.47 bits per heavy atom. The lowest BCUT2D eigenvalue weighted by atomic mass is 10.3. The molecule has 82 valence electrons. The van der Waals surface area contributed by atoms with Gasteiger partial charge in [0.25, 0.3) is 10.0 Å². The predicted molar refractivity (Wildman–Crippen MR) is 57.5 cm³/mol. The Labute approximate surface area is 88.7 Å². The van der Waals surface area contributed by atoms with Crippen molar-refractivity contribution in [2.24, 2.45) is 4.40 Å². The highest BCUT2D eigenvalue weighted by molar-refractivity contribution is 7.90. The first-order chi connectivity index (χ1) is 6.93. The number of benzene rings is 1. The normalized spacial score (nSPS) is 11.9. The molecule has 15 heavy (non-hydrogen) atoms. The number of rotatable bonds is 3. The monoisotopic (exact) mass is 228 g/mol. The van der Waals surface area contributed by atoms with Gasteiger partial charge in [0.15, 0.2) is 0 Å². The van der Waals surface area contributed by atoms with Crippen molar-refractivity contribution >= 4 is 16.4 Å². The first kappa shape index (κ1) is 11.5. The predicted octanol–water partition coefficient (Wildman–Crippen LogP) is 0.671. The van der Waals surface area contributed by atoms with Crippen molar-refractivity contribution in [1.82, 2.24) is 4.90 Å². The van der Waals surface area contributed by atoms with E-state index in [-0.39, 0.29) is 10.6 Å². The molecule has 0 aliphatic rings. The molecule has 0 fully saturated rings. The zero-order valence-corrected chi connectivity index (χ0v) is 9.27. The summed E-state index contributed by atoms with van der Waals surface area (Å²) in [5.74, 6) is -0.298. The molecule has 0 amide bonds. The molecule has 6 heteroatoms. The van der Waals surface area contributed by atoms with E-state index in [9.17, 15) is 13.5 Å². The van der Waals surface area contributed by atoms with Crippen LogP contribution in [-0.2, 0) is 10.0 Å². The van der Waals surface area contributed by atoms with Gasteiger partial charge in [0.2, 0.25) is 0 Å². The number of hydrogen-bond acceptors (Lipinski definition) is 3. The second kappa shape index (κ2) is 4.31. The molecule has 0 aromatic heterocycles. The van der Waals surface area contributed by atoms with Crippen LogP contribution in [0, 0.1) is 0 Å². The Morgan fingerprint density at radius 1 is 1.33 bits per heavy atom. The molecule has 1 aromatic carbocycles. The topological polar surface area (TPSA) is 70.0 Å². The molecule has 0 unspecified atom stereocenters. The lowest BCUT2D eigenvalue weighted by Crippen LogP contribution is -2.10. The van der Waals surface area contributed by atoms with Crippen LogP contribution < -0.4 is 0 Å². The third kappa shape index (κ3) is 2.95. The minimum Gasteiger partial charge on any atom is -0.507 e. The van der Waals surface area contributed by atoms with Gasteiger partial charge in [-0.2, -0.15) is 8.42 Å². The van der Waals surface area contributed by atoms with Gasteiger partial charge in [0, 0.05) is 14.1 Å². The summed E-state index contributed by atoms with van der Waals surface area (Å²) in [6.45, 7) is 0. The van der Waals surface area contributed by atoms with Crippen LogP contribution in [0.1, 0.15) is 0 Å². The quantitative estimate of drug-likeness (QED) is 0.610. The van der Waals surface area contributed by atoms with Gasteiger partial charge in [-0.1, -0.05) is 12.1 Å².